The van der Waals surface area contributed by atoms with Gasteiger partial charge in [-0.1, -0.05) is 339 Å². The number of benzene rings is 14. The van der Waals surface area contributed by atoms with Crippen molar-refractivity contribution in [3.05, 3.63) is 459 Å². The zero-order valence-electron chi connectivity index (χ0n) is 143. The fraction of sp³-hybridized carbons (Fsp3) is 0.294. The van der Waals surface area contributed by atoms with Gasteiger partial charge in [-0.25, -0.2) is 0 Å². The second kappa shape index (κ2) is 63.5. The smallest absolute Gasteiger partial charge is 0.125 e. The molecule has 0 fully saturated rings. The van der Waals surface area contributed by atoms with Gasteiger partial charge in [-0.15, -0.1) is 0 Å². The molecule has 14 rings (SSSR count). The summed E-state index contributed by atoms with van der Waals surface area (Å²) in [4.78, 5) is 0. The lowest BCUT2D eigenvalue weighted by Gasteiger charge is -2.20. The van der Waals surface area contributed by atoms with Crippen molar-refractivity contribution in [3.8, 4) is 40.2 Å². The Balaban J connectivity index is 0.000000282. The van der Waals surface area contributed by atoms with Crippen LogP contribution in [0.2, 0.25) is 0 Å². The summed E-state index contributed by atoms with van der Waals surface area (Å²) in [6, 6.07) is 43.7. The van der Waals surface area contributed by atoms with Gasteiger partial charge in [0.2, 0.25) is 0 Å². The average molecular weight is 1860 g/mol. The fourth-order valence-electron chi connectivity index (χ4n) is 11.0. The molecular weight excluding hydrogens is 1640 g/mol. The average Bonchev–Trinajstić information content (AvgIpc) is 0.710. The van der Waals surface area contributed by atoms with Gasteiger partial charge in [-0.2, -0.15) is 0 Å². The first-order valence-corrected chi connectivity index (χ1v) is 40.6. The second-order valence-electron chi connectivity index (χ2n) is 26.9. The fourth-order valence-corrected chi connectivity index (χ4v) is 11.0. The Morgan fingerprint density at radius 1 is 0.226 bits per heavy atom. The van der Waals surface area contributed by atoms with Crippen LogP contribution in [-0.2, 0) is 0 Å². The third-order valence-electron chi connectivity index (χ3n) is 17.5. The van der Waals surface area contributed by atoms with Gasteiger partial charge in [-0.3, -0.25) is 0 Å². The Kier molecular flexibility index (Phi) is 21.0. The summed E-state index contributed by atoms with van der Waals surface area (Å²) in [7, 11) is 0. The molecule has 14 aromatic carbocycles. The number of ether oxygens (including phenoxy) is 7. The third-order valence-corrected chi connectivity index (χ3v) is 17.5. The van der Waals surface area contributed by atoms with E-state index in [2.05, 4.69) is 16.0 Å². The minimum Gasteiger partial charge on any atom is -0.485 e. The lowest BCUT2D eigenvalue weighted by atomic mass is 10.1. The Morgan fingerprint density at radius 3 is 0.872 bits per heavy atom. The highest BCUT2D eigenvalue weighted by atomic mass is 16.5. The van der Waals surface area contributed by atoms with E-state index in [1.165, 1.54) is 53.8 Å². The molecule has 7 unspecified atom stereocenters. The van der Waals surface area contributed by atoms with E-state index in [1.807, 2.05) is 35.6 Å². The Hall–Kier alpha value is -12.6. The molecule has 0 amide bonds. The van der Waals surface area contributed by atoms with Crippen LogP contribution in [0.3, 0.4) is 0 Å². The van der Waals surface area contributed by atoms with E-state index in [0.29, 0.717) is 45.6 Å². The molecule has 14 heteroatoms. The standard InChI is InChI=1S/7C17H21NO/c7*1-14-8-6-7-11-16(14)19-17(12-13-18-2)15-9-4-3-5-10-15/h7*3-11,17-18H,12-13H2,1-2H3/i2D3,3D,4D,5D,9D,10D,12D2,13D2,17D;2D3,3D,4D,5D,9D,10D,13D2,17D;2D3,3D,4D,5D,9D,10D,12D2,17D;2D3,3D,4D,5D,9D,10D,12D2,13D2;2D3,3D,4D,5D,9D,10D,17D;1D3,2D3,12D2;1D3,2D3. The maximum Gasteiger partial charge on any atom is 0.125 e. The molecule has 14 aromatic rings. The molecule has 0 aliphatic carbocycles. The van der Waals surface area contributed by atoms with Crippen LogP contribution in [0.15, 0.2) is 382 Å². The molecule has 0 aromatic heterocycles. The largest absolute Gasteiger partial charge is 0.485 e. The highest BCUT2D eigenvalue weighted by Gasteiger charge is 2.21. The van der Waals surface area contributed by atoms with Crippen molar-refractivity contribution in [2.45, 2.75) is 136 Å². The predicted molar refractivity (Wildman–Crippen MR) is 557 cm³/mol. The van der Waals surface area contributed by atoms with Crippen LogP contribution in [0.1, 0.15) is 261 Å². The zero-order chi connectivity index (χ0) is 155. The first-order chi connectivity index (χ1) is 92.5. The van der Waals surface area contributed by atoms with Gasteiger partial charge in [0.1, 0.15) is 82.9 Å². The first kappa shape index (κ1) is 44.0. The van der Waals surface area contributed by atoms with Crippen LogP contribution in [0.5, 0.6) is 40.2 Å². The van der Waals surface area contributed by atoms with E-state index in [-0.39, 0.29) is 70.7 Å². The maximum absolute atomic E-state index is 8.88. The van der Waals surface area contributed by atoms with E-state index in [9.17, 15) is 0 Å². The van der Waals surface area contributed by atoms with Crippen molar-refractivity contribution in [2.75, 3.05) is 94.5 Å². The second-order valence-corrected chi connectivity index (χ2v) is 26.9. The highest BCUT2D eigenvalue weighted by Crippen LogP contribution is 2.35. The van der Waals surface area contributed by atoms with E-state index < -0.39 is 343 Å². The molecule has 0 bridgehead atoms. The monoisotopic (exact) mass is 1860 g/mol. The summed E-state index contributed by atoms with van der Waals surface area (Å²) >= 11 is 0. The van der Waals surface area contributed by atoms with Crippen molar-refractivity contribution in [2.24, 2.45) is 0 Å². The lowest BCUT2D eigenvalue weighted by molar-refractivity contribution is 0.193. The summed E-state index contributed by atoms with van der Waals surface area (Å²) in [5, 5.41) is 13.8. The zero-order valence-corrected chi connectivity index (χ0v) is 73.0. The van der Waals surface area contributed by atoms with Crippen molar-refractivity contribution in [1.82, 2.24) is 37.2 Å². The Bertz CT molecular complexity index is 8860. The summed E-state index contributed by atoms with van der Waals surface area (Å²) < 4.78 is 589. The number of rotatable bonds is 42. The molecular formula is C119H147N7O7. The number of aryl methyl sites for hydroxylation is 7. The molecule has 7 N–H and O–H groups in total. The first-order valence-electron chi connectivity index (χ1n) is 75.6. The highest BCUT2D eigenvalue weighted by molar-refractivity contribution is 5.40. The van der Waals surface area contributed by atoms with Gasteiger partial charge in [-0.05, 0) is 263 Å². The van der Waals surface area contributed by atoms with Crippen molar-refractivity contribution >= 4 is 0 Å². The Morgan fingerprint density at radius 2 is 0.489 bits per heavy atom. The van der Waals surface area contributed by atoms with Crippen LogP contribution < -0.4 is 70.4 Å². The number of nitrogens with one attached hydrogen (secondary N) is 7. The molecule has 700 valence electrons. The van der Waals surface area contributed by atoms with Crippen LogP contribution in [-0.4, -0.2) is 94.5 Å². The minimum atomic E-state index is -3.59. The molecule has 0 saturated carbocycles. The van der Waals surface area contributed by atoms with E-state index >= 15 is 0 Å². The molecule has 0 aliphatic rings. The quantitative estimate of drug-likeness (QED) is 0.0195. The van der Waals surface area contributed by atoms with Gasteiger partial charge in [0.05, 0.1) is 39.8 Å². The van der Waals surface area contributed by atoms with Crippen LogP contribution in [0, 0.1) is 48.3 Å². The SMILES string of the molecule is [2H]C([2H])([2H])NCC([2H])([2H])C(Oc1ccccc1C([2H])([2H])[2H])c1ccccc1.[2H]C([2H])([2H])NCCC(Oc1ccccc1C([2H])([2H])[2H])c1ccccc1.[2H]c1c([2H])c([2H])c(C(Oc2ccccc2C)C([2H])([2H])C([2H])([2H])NC([2H])([2H])[2H])c([2H])c1[2H].[2H]c1c([2H])c([2H])c(C([2H])(CC([2H])([2H])NC([2H])([2H])[2H])Oc2ccccc2C)c([2H])c1[2H].[2H]c1c([2H])c([2H])c(C([2H])(CCNC([2H])([2H])[2H])Oc2ccccc2C)c([2H])c1[2H].[2H]c1c([2H])c([2H])c(C([2H])(Oc2ccccc2C)C([2H])([2H])C([2H])([2H])NC([2H])([2H])[2H])c([2H])c1[2H].[2H]c1c([2H])c([2H])c(C([2H])(Oc2ccccc2C)C([2H])([2H])CNC([2H])([2H])[2H])c([2H])c1[2H]. The van der Waals surface area contributed by atoms with Gasteiger partial charge < -0.3 is 70.4 Å². The maximum atomic E-state index is 8.88. The molecule has 14 nitrogen and oxygen atoms in total. The molecule has 0 radical (unpaired) electrons. The van der Waals surface area contributed by atoms with Gasteiger partial charge in [0.15, 0.2) is 0 Å². The molecule has 0 saturated heterocycles. The van der Waals surface area contributed by atoms with E-state index in [4.69, 9.17) is 129 Å². The molecule has 0 aliphatic heterocycles. The molecule has 7 atom stereocenters. The number of hydrogen-bond acceptors (Lipinski definition) is 14. The van der Waals surface area contributed by atoms with Crippen molar-refractivity contribution in [1.29, 1.82) is 0 Å². The third kappa shape index (κ3) is 39.4. The summed E-state index contributed by atoms with van der Waals surface area (Å²) in [6.07, 6.45) is -27.2. The Labute approximate surface area is 895 Å². The van der Waals surface area contributed by atoms with E-state index in [1.54, 1.807) is 197 Å². The van der Waals surface area contributed by atoms with Crippen LogP contribution in [0.4, 0.5) is 0 Å². The van der Waals surface area contributed by atoms with Gasteiger partial charge >= 0.3 is 0 Å². The summed E-state index contributed by atoms with van der Waals surface area (Å²) in [5.41, 5.74) is 0.828. The summed E-state index contributed by atoms with van der Waals surface area (Å²) in [5.74, 6) is 0.754. The predicted octanol–water partition coefficient (Wildman–Crippen LogP) is 26.1. The molecule has 0 heterocycles. The molecule has 0 spiro atoms. The number of para-hydroxylation sites is 7. The lowest BCUT2D eigenvalue weighted by Crippen LogP contribution is -2.16. The van der Waals surface area contributed by atoms with Crippen molar-refractivity contribution < 1.29 is 129 Å². The topological polar surface area (TPSA) is 149 Å². The van der Waals surface area contributed by atoms with E-state index in [0.717, 1.165) is 5.56 Å². The van der Waals surface area contributed by atoms with Gasteiger partial charge in [0, 0.05) is 101 Å². The normalized spacial score (nSPS) is 22.3. The minimum absolute atomic E-state index is 0.0316. The molecule has 133 heavy (non-hydrogen) atoms. The van der Waals surface area contributed by atoms with Gasteiger partial charge in [0.25, 0.3) is 0 Å². The van der Waals surface area contributed by atoms with Crippen LogP contribution in [0.25, 0.3) is 0 Å². The number of hydrogen-bond donors (Lipinski definition) is 7. The van der Waals surface area contributed by atoms with Crippen LogP contribution >= 0.6 is 0 Å². The summed E-state index contributed by atoms with van der Waals surface area (Å²) in [6.45, 7) is -26.3. The van der Waals surface area contributed by atoms with Crippen molar-refractivity contribution in [3.63, 3.8) is 0 Å².